The molecule has 0 saturated heterocycles. The Hall–Kier alpha value is -2.37. The number of carbonyl (C=O) groups excluding carboxylic acids is 2. The maximum absolute atomic E-state index is 11.7. The number of esters is 1. The second kappa shape index (κ2) is 14.7. The van der Waals surface area contributed by atoms with Crippen LogP contribution in [0, 0.1) is 0 Å². The Morgan fingerprint density at radius 3 is 2.29 bits per heavy atom. The molecule has 0 aliphatic heterocycles. The number of benzene rings is 1. The monoisotopic (exact) mass is 392 g/mol. The molecule has 0 heterocycles. The van der Waals surface area contributed by atoms with Gasteiger partial charge in [-0.05, 0) is 49.8 Å². The zero-order valence-electron chi connectivity index (χ0n) is 16.8. The van der Waals surface area contributed by atoms with E-state index in [1.54, 1.807) is 0 Å². The quantitative estimate of drug-likeness (QED) is 0.256. The number of carbonyl (C=O) groups is 3. The van der Waals surface area contributed by atoms with E-state index in [0.29, 0.717) is 6.42 Å². The smallest absolute Gasteiger partial charge is 0.374 e. The Morgan fingerprint density at radius 1 is 0.857 bits per heavy atom. The van der Waals surface area contributed by atoms with Crippen molar-refractivity contribution in [1.82, 2.24) is 0 Å². The highest BCUT2D eigenvalue weighted by molar-refractivity contribution is 6.33. The molecule has 6 heteroatoms. The average molecular weight is 392 g/mol. The van der Waals surface area contributed by atoms with Gasteiger partial charge in [0.1, 0.15) is 5.75 Å². The lowest BCUT2D eigenvalue weighted by molar-refractivity contribution is -0.154. The zero-order valence-corrected chi connectivity index (χ0v) is 16.8. The largest absolute Gasteiger partial charge is 0.494 e. The fourth-order valence-corrected chi connectivity index (χ4v) is 2.66. The van der Waals surface area contributed by atoms with Crippen molar-refractivity contribution in [3.63, 3.8) is 0 Å². The van der Waals surface area contributed by atoms with Crippen LogP contribution in [-0.2, 0) is 25.5 Å². The van der Waals surface area contributed by atoms with Crippen molar-refractivity contribution in [2.45, 2.75) is 71.1 Å². The highest BCUT2D eigenvalue weighted by atomic mass is 16.5. The Morgan fingerprint density at radius 2 is 1.61 bits per heavy atom. The first-order valence-corrected chi connectivity index (χ1v) is 10.2. The molecule has 0 saturated carbocycles. The first-order chi connectivity index (χ1) is 13.5. The Kier molecular flexibility index (Phi) is 12.4. The van der Waals surface area contributed by atoms with Crippen molar-refractivity contribution in [2.75, 3.05) is 13.2 Å². The second-order valence-electron chi connectivity index (χ2n) is 6.82. The molecular weight excluding hydrogens is 360 g/mol. The summed E-state index contributed by atoms with van der Waals surface area (Å²) >= 11 is 0. The van der Waals surface area contributed by atoms with E-state index in [1.807, 2.05) is 24.3 Å². The summed E-state index contributed by atoms with van der Waals surface area (Å²) in [4.78, 5) is 33.5. The van der Waals surface area contributed by atoms with Crippen LogP contribution in [0.4, 0.5) is 0 Å². The van der Waals surface area contributed by atoms with Crippen LogP contribution >= 0.6 is 0 Å². The lowest BCUT2D eigenvalue weighted by Crippen LogP contribution is -2.18. The van der Waals surface area contributed by atoms with Crippen LogP contribution in [-0.4, -0.2) is 36.0 Å². The van der Waals surface area contributed by atoms with Crippen LogP contribution in [0.3, 0.4) is 0 Å². The van der Waals surface area contributed by atoms with Gasteiger partial charge in [0, 0.05) is 12.8 Å². The molecule has 0 aliphatic carbocycles. The third-order valence-electron chi connectivity index (χ3n) is 4.31. The van der Waals surface area contributed by atoms with Gasteiger partial charge in [0.25, 0.3) is 0 Å². The van der Waals surface area contributed by atoms with Crippen molar-refractivity contribution in [3.05, 3.63) is 29.8 Å². The molecular formula is C22H32O6. The molecule has 1 N–H and O–H groups in total. The minimum atomic E-state index is -0.950. The van der Waals surface area contributed by atoms with Crippen molar-refractivity contribution in [1.29, 1.82) is 0 Å². The van der Waals surface area contributed by atoms with E-state index in [2.05, 4.69) is 6.92 Å². The minimum Gasteiger partial charge on any atom is -0.494 e. The summed E-state index contributed by atoms with van der Waals surface area (Å²) in [5, 5.41) is 8.49. The van der Waals surface area contributed by atoms with Crippen molar-refractivity contribution >= 4 is 17.7 Å². The van der Waals surface area contributed by atoms with E-state index in [4.69, 9.17) is 14.6 Å². The average Bonchev–Trinajstić information content (AvgIpc) is 2.69. The van der Waals surface area contributed by atoms with Gasteiger partial charge in [-0.1, -0.05) is 38.3 Å². The van der Waals surface area contributed by atoms with Gasteiger partial charge in [0.15, 0.2) is 0 Å². The molecule has 0 spiro atoms. The fraction of sp³-hybridized carbons (Fsp3) is 0.591. The summed E-state index contributed by atoms with van der Waals surface area (Å²) in [6, 6.07) is 7.99. The number of aryl methyl sites for hydroxylation is 1. The van der Waals surface area contributed by atoms with E-state index >= 15 is 0 Å². The van der Waals surface area contributed by atoms with Crippen LogP contribution in [0.15, 0.2) is 24.3 Å². The van der Waals surface area contributed by atoms with Crippen LogP contribution in [0.5, 0.6) is 5.75 Å². The summed E-state index contributed by atoms with van der Waals surface area (Å²) in [5.74, 6) is -1.50. The molecule has 28 heavy (non-hydrogen) atoms. The molecule has 0 unspecified atom stereocenters. The van der Waals surface area contributed by atoms with Gasteiger partial charge < -0.3 is 14.6 Å². The molecule has 0 bridgehead atoms. The van der Waals surface area contributed by atoms with E-state index in [-0.39, 0.29) is 25.9 Å². The predicted octanol–water partition coefficient (Wildman–Crippen LogP) is 4.34. The number of carboxylic acids is 1. The number of ketones is 1. The van der Waals surface area contributed by atoms with E-state index in [9.17, 15) is 14.4 Å². The Bertz CT molecular complexity index is 594. The summed E-state index contributed by atoms with van der Waals surface area (Å²) in [7, 11) is 0. The van der Waals surface area contributed by atoms with Crippen LogP contribution < -0.4 is 4.74 Å². The molecule has 0 radical (unpaired) electrons. The minimum absolute atomic E-state index is 0.0378. The first kappa shape index (κ1) is 23.7. The molecule has 156 valence electrons. The highest BCUT2D eigenvalue weighted by Gasteiger charge is 2.14. The maximum atomic E-state index is 11.7. The predicted molar refractivity (Wildman–Crippen MR) is 106 cm³/mol. The van der Waals surface area contributed by atoms with Gasteiger partial charge in [-0.3, -0.25) is 9.59 Å². The summed E-state index contributed by atoms with van der Waals surface area (Å²) in [6.07, 6.45) is 7.26. The molecule has 0 amide bonds. The van der Waals surface area contributed by atoms with Crippen molar-refractivity contribution in [2.24, 2.45) is 0 Å². The van der Waals surface area contributed by atoms with Gasteiger partial charge in [-0.25, -0.2) is 4.79 Å². The molecule has 0 fully saturated rings. The summed E-state index contributed by atoms with van der Waals surface area (Å²) in [6.45, 7) is 2.89. The van der Waals surface area contributed by atoms with Crippen LogP contribution in [0.1, 0.15) is 70.3 Å². The van der Waals surface area contributed by atoms with Crippen molar-refractivity contribution in [3.8, 4) is 5.75 Å². The third-order valence-corrected chi connectivity index (χ3v) is 4.31. The first-order valence-electron chi connectivity index (χ1n) is 10.2. The van der Waals surface area contributed by atoms with Gasteiger partial charge >= 0.3 is 11.9 Å². The number of unbranched alkanes of at least 4 members (excludes halogenated alkanes) is 4. The third kappa shape index (κ3) is 11.4. The Balaban J connectivity index is 2.13. The number of ether oxygens (including phenoxy) is 2. The fourth-order valence-electron chi connectivity index (χ4n) is 2.66. The SMILES string of the molecule is CCCCCCOc1ccc(CCCCC(=O)C(=O)OCCCC(=O)O)cc1. The number of hydrogen-bond acceptors (Lipinski definition) is 5. The summed E-state index contributed by atoms with van der Waals surface area (Å²) in [5.41, 5.74) is 1.17. The molecule has 6 nitrogen and oxygen atoms in total. The van der Waals surface area contributed by atoms with E-state index in [1.165, 1.54) is 24.8 Å². The number of aliphatic carboxylic acids is 1. The van der Waals surface area contributed by atoms with Crippen LogP contribution in [0.25, 0.3) is 0 Å². The highest BCUT2D eigenvalue weighted by Crippen LogP contribution is 2.15. The lowest BCUT2D eigenvalue weighted by atomic mass is 10.1. The molecule has 0 aromatic heterocycles. The maximum Gasteiger partial charge on any atom is 0.374 e. The molecule has 0 aliphatic rings. The second-order valence-corrected chi connectivity index (χ2v) is 6.82. The molecule has 1 aromatic rings. The van der Waals surface area contributed by atoms with E-state index in [0.717, 1.165) is 31.6 Å². The van der Waals surface area contributed by atoms with Crippen LogP contribution in [0.2, 0.25) is 0 Å². The number of rotatable bonds is 16. The van der Waals surface area contributed by atoms with E-state index < -0.39 is 17.7 Å². The standard InChI is InChI=1S/C22H32O6/c1-2-3-4-7-16-27-19-14-12-18(13-15-19)9-5-6-10-20(23)22(26)28-17-8-11-21(24)25/h12-15H,2-11,16-17H2,1H3,(H,24,25). The topological polar surface area (TPSA) is 89.9 Å². The summed E-state index contributed by atoms with van der Waals surface area (Å²) < 4.78 is 10.5. The Labute approximate surface area is 167 Å². The van der Waals surface area contributed by atoms with Gasteiger partial charge in [-0.2, -0.15) is 0 Å². The van der Waals surface area contributed by atoms with Gasteiger partial charge in [0.2, 0.25) is 5.78 Å². The molecule has 1 aromatic carbocycles. The van der Waals surface area contributed by atoms with Gasteiger partial charge in [-0.15, -0.1) is 0 Å². The van der Waals surface area contributed by atoms with Crippen molar-refractivity contribution < 1.29 is 29.0 Å². The number of hydrogen-bond donors (Lipinski definition) is 1. The number of carboxylic acid groups (broad SMARTS) is 1. The lowest BCUT2D eigenvalue weighted by Gasteiger charge is -2.07. The van der Waals surface area contributed by atoms with Gasteiger partial charge in [0.05, 0.1) is 13.2 Å². The molecule has 1 rings (SSSR count). The molecule has 0 atom stereocenters. The zero-order chi connectivity index (χ0) is 20.6. The number of Topliss-reactive ketones (excluding diaryl/α,β-unsaturated/α-hetero) is 1. The normalized spacial score (nSPS) is 10.5.